The van der Waals surface area contributed by atoms with Gasteiger partial charge >= 0.3 is 17.8 Å². The van der Waals surface area contributed by atoms with Gasteiger partial charge in [0.15, 0.2) is 0 Å². The highest BCUT2D eigenvalue weighted by atomic mass is 19.4. The van der Waals surface area contributed by atoms with Crippen LogP contribution in [0.5, 0.6) is 0 Å². The molecule has 1 aliphatic rings. The van der Waals surface area contributed by atoms with Gasteiger partial charge in [-0.1, -0.05) is 12.1 Å². The normalized spacial score (nSPS) is 15.7. The van der Waals surface area contributed by atoms with Crippen LogP contribution in [0.1, 0.15) is 41.4 Å². The maximum Gasteiger partial charge on any atom is 0.416 e. The number of hydrogen-bond donors (Lipinski definition) is 0. The number of nitrogens with zero attached hydrogens (tertiary/aromatic N) is 4. The number of rotatable bonds is 6. The number of carbonyl (C=O) groups is 2. The lowest BCUT2D eigenvalue weighted by atomic mass is 9.98. The highest BCUT2D eigenvalue weighted by Gasteiger charge is 2.33. The lowest BCUT2D eigenvalue weighted by Crippen LogP contribution is -2.49. The van der Waals surface area contributed by atoms with Crippen LogP contribution in [0, 0.1) is 11.7 Å². The van der Waals surface area contributed by atoms with E-state index in [1.807, 2.05) is 0 Å². The Morgan fingerprint density at radius 3 is 2.33 bits per heavy atom. The maximum absolute atomic E-state index is 13.5. The van der Waals surface area contributed by atoms with Crippen molar-refractivity contribution in [2.75, 3.05) is 19.7 Å². The quantitative estimate of drug-likeness (QED) is 0.347. The molecule has 206 valence electrons. The first kappa shape index (κ1) is 27.7. The summed E-state index contributed by atoms with van der Waals surface area (Å²) in [4.78, 5) is 53.6. The van der Waals surface area contributed by atoms with E-state index in [1.165, 1.54) is 17.0 Å². The Balaban J connectivity index is 1.79. The maximum atomic E-state index is 13.5. The number of piperidine rings is 1. The average Bonchev–Trinajstić information content (AvgIpc) is 2.92. The van der Waals surface area contributed by atoms with Gasteiger partial charge in [0.1, 0.15) is 5.82 Å². The number of esters is 1. The number of aromatic nitrogens is 3. The van der Waals surface area contributed by atoms with Crippen LogP contribution in [0.3, 0.4) is 0 Å². The SMILES string of the molecule is CCOC(=O)[C@@H]1CCCN(C(=O)c2nn(-c3ccc(C(F)(F)F)cc3)c(=O)n(Cc3ccc(F)cc3)c2=O)C1. The molecule has 1 fully saturated rings. The monoisotopic (exact) mass is 548 g/mol. The van der Waals surface area contributed by atoms with Crippen LogP contribution in [-0.2, 0) is 22.3 Å². The van der Waals surface area contributed by atoms with Gasteiger partial charge in [-0.3, -0.25) is 19.0 Å². The Kier molecular flexibility index (Phi) is 7.98. The van der Waals surface area contributed by atoms with Crippen LogP contribution in [-0.4, -0.2) is 50.8 Å². The molecule has 1 aromatic heterocycles. The number of hydrogen-bond acceptors (Lipinski definition) is 6. The van der Waals surface area contributed by atoms with Gasteiger partial charge in [-0.15, -0.1) is 0 Å². The molecule has 2 heterocycles. The molecule has 0 bridgehead atoms. The van der Waals surface area contributed by atoms with Crippen LogP contribution in [0.4, 0.5) is 17.6 Å². The van der Waals surface area contributed by atoms with E-state index in [-0.39, 0.29) is 31.9 Å². The fourth-order valence-corrected chi connectivity index (χ4v) is 4.28. The molecular weight excluding hydrogens is 524 g/mol. The third kappa shape index (κ3) is 6.07. The van der Waals surface area contributed by atoms with Crippen molar-refractivity contribution in [1.29, 1.82) is 0 Å². The zero-order valence-corrected chi connectivity index (χ0v) is 20.8. The summed E-state index contributed by atoms with van der Waals surface area (Å²) in [5.74, 6) is -2.47. The Bertz CT molecular complexity index is 1480. The van der Waals surface area contributed by atoms with E-state index in [1.54, 1.807) is 6.92 Å². The van der Waals surface area contributed by atoms with Crippen LogP contribution >= 0.6 is 0 Å². The molecule has 9 nitrogen and oxygen atoms in total. The van der Waals surface area contributed by atoms with Gasteiger partial charge in [0.2, 0.25) is 5.69 Å². The van der Waals surface area contributed by atoms with Crippen molar-refractivity contribution in [2.24, 2.45) is 5.92 Å². The highest BCUT2D eigenvalue weighted by Crippen LogP contribution is 2.29. The van der Waals surface area contributed by atoms with Gasteiger partial charge in [-0.25, -0.2) is 9.18 Å². The first-order valence-electron chi connectivity index (χ1n) is 12.1. The summed E-state index contributed by atoms with van der Waals surface area (Å²) in [7, 11) is 0. The summed E-state index contributed by atoms with van der Waals surface area (Å²) in [6.45, 7) is 1.65. The van der Waals surface area contributed by atoms with Crippen molar-refractivity contribution in [2.45, 2.75) is 32.5 Å². The van der Waals surface area contributed by atoms with Gasteiger partial charge in [0.05, 0.1) is 30.3 Å². The summed E-state index contributed by atoms with van der Waals surface area (Å²) < 4.78 is 59.0. The molecule has 1 amide bonds. The van der Waals surface area contributed by atoms with Crippen molar-refractivity contribution < 1.29 is 31.9 Å². The van der Waals surface area contributed by atoms with Crippen molar-refractivity contribution in [3.63, 3.8) is 0 Å². The minimum absolute atomic E-state index is 0.0316. The van der Waals surface area contributed by atoms with Crippen molar-refractivity contribution in [3.05, 3.63) is 92.0 Å². The van der Waals surface area contributed by atoms with Crippen LogP contribution in [0.15, 0.2) is 58.1 Å². The number of amides is 1. The van der Waals surface area contributed by atoms with E-state index >= 15 is 0 Å². The van der Waals surface area contributed by atoms with E-state index in [9.17, 15) is 36.7 Å². The molecule has 2 aromatic carbocycles. The smallest absolute Gasteiger partial charge is 0.416 e. The van der Waals surface area contributed by atoms with Gasteiger partial charge in [0.25, 0.3) is 11.5 Å². The summed E-state index contributed by atoms with van der Waals surface area (Å²) in [5.41, 5.74) is -3.41. The van der Waals surface area contributed by atoms with E-state index in [0.717, 1.165) is 36.4 Å². The second-order valence-electron chi connectivity index (χ2n) is 8.95. The van der Waals surface area contributed by atoms with Crippen molar-refractivity contribution in [1.82, 2.24) is 19.2 Å². The molecule has 3 aromatic rings. The standard InChI is InChI=1S/C26H24F4N4O5/c1-2-39-24(37)17-4-3-13-32(15-17)22(35)21-23(36)33(14-16-5-9-19(27)10-6-16)25(38)34(31-21)20-11-7-18(8-12-20)26(28,29)30/h5-12,17H,2-4,13-15H2,1H3/t17-/m1/s1. The molecule has 0 aliphatic carbocycles. The second-order valence-corrected chi connectivity index (χ2v) is 8.95. The minimum atomic E-state index is -4.62. The van der Waals surface area contributed by atoms with Crippen LogP contribution in [0.25, 0.3) is 5.69 Å². The van der Waals surface area contributed by atoms with Crippen LogP contribution < -0.4 is 11.2 Å². The molecule has 13 heteroatoms. The summed E-state index contributed by atoms with van der Waals surface area (Å²) in [5, 5.41) is 3.95. The van der Waals surface area contributed by atoms with Crippen molar-refractivity contribution >= 4 is 11.9 Å². The number of likely N-dealkylation sites (tertiary alicyclic amines) is 1. The molecule has 4 rings (SSSR count). The number of carbonyl (C=O) groups excluding carboxylic acids is 2. The lowest BCUT2D eigenvalue weighted by Gasteiger charge is -2.31. The number of benzene rings is 2. The molecule has 0 N–H and O–H groups in total. The van der Waals surface area contributed by atoms with Crippen molar-refractivity contribution in [3.8, 4) is 5.69 Å². The van der Waals surface area contributed by atoms with Gasteiger partial charge < -0.3 is 9.64 Å². The Labute approximate surface area is 219 Å². The molecule has 1 saturated heterocycles. The number of ether oxygens (including phenoxy) is 1. The van der Waals surface area contributed by atoms with Gasteiger partial charge in [-0.05, 0) is 61.7 Å². The molecule has 1 aliphatic heterocycles. The van der Waals surface area contributed by atoms with Crippen LogP contribution in [0.2, 0.25) is 0 Å². The zero-order chi connectivity index (χ0) is 28.3. The van der Waals surface area contributed by atoms with Gasteiger partial charge in [-0.2, -0.15) is 23.0 Å². The third-order valence-corrected chi connectivity index (χ3v) is 6.28. The Morgan fingerprint density at radius 2 is 1.72 bits per heavy atom. The highest BCUT2D eigenvalue weighted by molar-refractivity contribution is 5.92. The number of halogens is 4. The lowest BCUT2D eigenvalue weighted by molar-refractivity contribution is -0.149. The fraction of sp³-hybridized carbons (Fsp3) is 0.346. The summed E-state index contributed by atoms with van der Waals surface area (Å²) in [6.07, 6.45) is -3.68. The van der Waals surface area contributed by atoms with E-state index in [0.29, 0.717) is 27.7 Å². The first-order chi connectivity index (χ1) is 18.5. The summed E-state index contributed by atoms with van der Waals surface area (Å²) >= 11 is 0. The Morgan fingerprint density at radius 1 is 1.05 bits per heavy atom. The predicted octanol–water partition coefficient (Wildman–Crippen LogP) is 3.02. The number of alkyl halides is 3. The van der Waals surface area contributed by atoms with E-state index < -0.39 is 52.3 Å². The topological polar surface area (TPSA) is 104 Å². The van der Waals surface area contributed by atoms with E-state index in [4.69, 9.17) is 4.74 Å². The molecule has 39 heavy (non-hydrogen) atoms. The van der Waals surface area contributed by atoms with Gasteiger partial charge in [0, 0.05) is 13.1 Å². The minimum Gasteiger partial charge on any atom is -0.466 e. The fourth-order valence-electron chi connectivity index (χ4n) is 4.28. The molecular formula is C26H24F4N4O5. The Hall–Kier alpha value is -4.29. The van der Waals surface area contributed by atoms with E-state index in [2.05, 4.69) is 5.10 Å². The second kappa shape index (κ2) is 11.2. The largest absolute Gasteiger partial charge is 0.466 e. The molecule has 1 atom stereocenters. The average molecular weight is 548 g/mol. The molecule has 0 unspecified atom stereocenters. The molecule has 0 spiro atoms. The third-order valence-electron chi connectivity index (χ3n) is 6.28. The zero-order valence-electron chi connectivity index (χ0n) is 20.8. The molecule has 0 radical (unpaired) electrons. The first-order valence-corrected chi connectivity index (χ1v) is 12.1. The predicted molar refractivity (Wildman–Crippen MR) is 130 cm³/mol. The molecule has 0 saturated carbocycles. The summed E-state index contributed by atoms with van der Waals surface area (Å²) in [6, 6.07) is 8.44.